The second-order valence-electron chi connectivity index (χ2n) is 6.53. The number of hydrogen-bond donors (Lipinski definition) is 1. The van der Waals surface area contributed by atoms with E-state index in [1.807, 2.05) is 23.1 Å². The minimum absolute atomic E-state index is 0.00282. The molecule has 1 aliphatic heterocycles. The van der Waals surface area contributed by atoms with Gasteiger partial charge in [0.05, 0.1) is 7.11 Å². The van der Waals surface area contributed by atoms with Crippen LogP contribution in [-0.2, 0) is 9.59 Å². The molecule has 1 N–H and O–H groups in total. The van der Waals surface area contributed by atoms with E-state index in [2.05, 4.69) is 22.4 Å². The van der Waals surface area contributed by atoms with Crippen LogP contribution < -0.4 is 10.1 Å². The van der Waals surface area contributed by atoms with Gasteiger partial charge >= 0.3 is 0 Å². The first-order chi connectivity index (χ1) is 13.0. The molecule has 2 heterocycles. The number of aromatic nitrogens is 1. The summed E-state index contributed by atoms with van der Waals surface area (Å²) in [4.78, 5) is 29.5. The Morgan fingerprint density at radius 2 is 2.00 bits per heavy atom. The van der Waals surface area contributed by atoms with Gasteiger partial charge in [0, 0.05) is 38.2 Å². The SMILES string of the molecule is COc1ccc([C@H]2CCN(C(=O)/C=C/c3ccc(NC(C)=O)nc3)C2)cc1. The zero-order valence-electron chi connectivity index (χ0n) is 15.5. The number of anilines is 1. The predicted molar refractivity (Wildman–Crippen MR) is 105 cm³/mol. The summed E-state index contributed by atoms with van der Waals surface area (Å²) in [6, 6.07) is 11.6. The Labute approximate surface area is 158 Å². The standard InChI is InChI=1S/C21H23N3O3/c1-15(25)23-20-9-3-16(13-22-20)4-10-21(26)24-12-11-18(14-24)17-5-7-19(27-2)8-6-17/h3-10,13,18H,11-12,14H2,1-2H3,(H,22,23,25)/b10-4+/t18-/m0/s1. The van der Waals surface area contributed by atoms with Crippen molar-refractivity contribution in [2.75, 3.05) is 25.5 Å². The van der Waals surface area contributed by atoms with E-state index in [4.69, 9.17) is 4.74 Å². The summed E-state index contributed by atoms with van der Waals surface area (Å²) in [5, 5.41) is 2.61. The molecule has 0 saturated carbocycles. The van der Waals surface area contributed by atoms with Crippen molar-refractivity contribution in [2.45, 2.75) is 19.3 Å². The second kappa shape index (κ2) is 8.49. The number of nitrogens with zero attached hydrogens (tertiary/aromatic N) is 2. The van der Waals surface area contributed by atoms with Crippen molar-refractivity contribution in [3.05, 3.63) is 59.8 Å². The van der Waals surface area contributed by atoms with Crippen LogP contribution in [0.5, 0.6) is 5.75 Å². The van der Waals surface area contributed by atoms with E-state index in [1.165, 1.54) is 12.5 Å². The molecule has 2 aromatic rings. The van der Waals surface area contributed by atoms with Gasteiger partial charge in [-0.25, -0.2) is 4.98 Å². The molecule has 1 aliphatic rings. The molecule has 1 aromatic heterocycles. The highest BCUT2D eigenvalue weighted by atomic mass is 16.5. The topological polar surface area (TPSA) is 71.5 Å². The molecule has 3 rings (SSSR count). The molecule has 6 heteroatoms. The average molecular weight is 365 g/mol. The molecule has 0 aliphatic carbocycles. The van der Waals surface area contributed by atoms with Gasteiger partial charge in [-0.15, -0.1) is 0 Å². The summed E-state index contributed by atoms with van der Waals surface area (Å²) in [5.41, 5.74) is 2.04. The molecule has 1 saturated heterocycles. The van der Waals surface area contributed by atoms with Crippen molar-refractivity contribution in [3.8, 4) is 5.75 Å². The van der Waals surface area contributed by atoms with Gasteiger partial charge in [-0.3, -0.25) is 9.59 Å². The van der Waals surface area contributed by atoms with Gasteiger partial charge in [0.2, 0.25) is 11.8 Å². The van der Waals surface area contributed by atoms with Crippen LogP contribution >= 0.6 is 0 Å². The number of likely N-dealkylation sites (tertiary alicyclic amines) is 1. The number of benzene rings is 1. The first-order valence-corrected chi connectivity index (χ1v) is 8.90. The normalized spacial score (nSPS) is 16.5. The summed E-state index contributed by atoms with van der Waals surface area (Å²) < 4.78 is 5.19. The number of ether oxygens (including phenoxy) is 1. The van der Waals surface area contributed by atoms with E-state index >= 15 is 0 Å². The van der Waals surface area contributed by atoms with Gasteiger partial charge in [0.1, 0.15) is 11.6 Å². The maximum atomic E-state index is 12.5. The Kier molecular flexibility index (Phi) is 5.86. The van der Waals surface area contributed by atoms with Crippen LogP contribution in [0.25, 0.3) is 6.08 Å². The maximum absolute atomic E-state index is 12.5. The third-order valence-electron chi connectivity index (χ3n) is 4.60. The van der Waals surface area contributed by atoms with E-state index in [1.54, 1.807) is 31.5 Å². The number of carbonyl (C=O) groups is 2. The van der Waals surface area contributed by atoms with Crippen LogP contribution in [0.2, 0.25) is 0 Å². The van der Waals surface area contributed by atoms with Gasteiger partial charge in [-0.1, -0.05) is 12.1 Å². The number of methoxy groups -OCH3 is 1. The van der Waals surface area contributed by atoms with Crippen LogP contribution in [0, 0.1) is 0 Å². The number of amides is 2. The fourth-order valence-corrected chi connectivity index (χ4v) is 3.14. The highest BCUT2D eigenvalue weighted by Crippen LogP contribution is 2.28. The Hall–Kier alpha value is -3.15. The van der Waals surface area contributed by atoms with E-state index in [9.17, 15) is 9.59 Å². The molecule has 0 bridgehead atoms. The molecule has 0 spiro atoms. The lowest BCUT2D eigenvalue weighted by Crippen LogP contribution is -2.26. The molecule has 2 amide bonds. The Morgan fingerprint density at radius 1 is 1.22 bits per heavy atom. The van der Waals surface area contributed by atoms with Crippen LogP contribution in [0.3, 0.4) is 0 Å². The molecule has 0 radical (unpaired) electrons. The van der Waals surface area contributed by atoms with Gasteiger partial charge in [-0.05, 0) is 47.9 Å². The van der Waals surface area contributed by atoms with E-state index in [-0.39, 0.29) is 11.8 Å². The first kappa shape index (κ1) is 18.6. The highest BCUT2D eigenvalue weighted by Gasteiger charge is 2.26. The first-order valence-electron chi connectivity index (χ1n) is 8.90. The van der Waals surface area contributed by atoms with Crippen molar-refractivity contribution in [3.63, 3.8) is 0 Å². The van der Waals surface area contributed by atoms with E-state index < -0.39 is 0 Å². The number of nitrogens with one attached hydrogen (secondary N) is 1. The van der Waals surface area contributed by atoms with E-state index in [0.717, 1.165) is 30.8 Å². The third-order valence-corrected chi connectivity index (χ3v) is 4.60. The molecule has 140 valence electrons. The Morgan fingerprint density at radius 3 is 2.63 bits per heavy atom. The monoisotopic (exact) mass is 365 g/mol. The summed E-state index contributed by atoms with van der Waals surface area (Å²) in [6.45, 7) is 2.90. The lowest BCUT2D eigenvalue weighted by molar-refractivity contribution is -0.125. The summed E-state index contributed by atoms with van der Waals surface area (Å²) in [7, 11) is 1.65. The molecule has 1 atom stereocenters. The van der Waals surface area contributed by atoms with Crippen molar-refractivity contribution < 1.29 is 14.3 Å². The zero-order chi connectivity index (χ0) is 19.2. The highest BCUT2D eigenvalue weighted by molar-refractivity contribution is 5.92. The molecule has 1 fully saturated rings. The van der Waals surface area contributed by atoms with Gasteiger partial charge in [-0.2, -0.15) is 0 Å². The quantitative estimate of drug-likeness (QED) is 0.827. The largest absolute Gasteiger partial charge is 0.497 e. The van der Waals surface area contributed by atoms with Crippen molar-refractivity contribution in [2.24, 2.45) is 0 Å². The van der Waals surface area contributed by atoms with E-state index in [0.29, 0.717) is 11.7 Å². The molecule has 27 heavy (non-hydrogen) atoms. The minimum atomic E-state index is -0.165. The average Bonchev–Trinajstić information content (AvgIpc) is 3.17. The summed E-state index contributed by atoms with van der Waals surface area (Å²) in [5.74, 6) is 1.52. The van der Waals surface area contributed by atoms with Crippen LogP contribution in [0.15, 0.2) is 48.7 Å². The molecular formula is C21H23N3O3. The lowest BCUT2D eigenvalue weighted by atomic mass is 9.98. The zero-order valence-corrected chi connectivity index (χ0v) is 15.5. The molecule has 6 nitrogen and oxygen atoms in total. The Bertz CT molecular complexity index is 829. The number of carbonyl (C=O) groups excluding carboxylic acids is 2. The third kappa shape index (κ3) is 4.94. The van der Waals surface area contributed by atoms with Gasteiger partial charge in [0.25, 0.3) is 0 Å². The number of rotatable bonds is 5. The summed E-state index contributed by atoms with van der Waals surface area (Å²) >= 11 is 0. The fourth-order valence-electron chi connectivity index (χ4n) is 3.14. The predicted octanol–water partition coefficient (Wildman–Crippen LogP) is 3.08. The van der Waals surface area contributed by atoms with Gasteiger partial charge < -0.3 is 15.0 Å². The maximum Gasteiger partial charge on any atom is 0.246 e. The van der Waals surface area contributed by atoms with Crippen molar-refractivity contribution >= 4 is 23.7 Å². The van der Waals surface area contributed by atoms with Crippen LogP contribution in [0.4, 0.5) is 5.82 Å². The van der Waals surface area contributed by atoms with Crippen molar-refractivity contribution in [1.82, 2.24) is 9.88 Å². The fraction of sp³-hybridized carbons (Fsp3) is 0.286. The van der Waals surface area contributed by atoms with Crippen LogP contribution in [-0.4, -0.2) is 41.9 Å². The number of hydrogen-bond acceptors (Lipinski definition) is 4. The molecular weight excluding hydrogens is 342 g/mol. The smallest absolute Gasteiger partial charge is 0.246 e. The molecule has 1 aromatic carbocycles. The lowest BCUT2D eigenvalue weighted by Gasteiger charge is -2.15. The van der Waals surface area contributed by atoms with Crippen LogP contribution in [0.1, 0.15) is 30.4 Å². The minimum Gasteiger partial charge on any atom is -0.497 e. The Balaban J connectivity index is 1.56. The summed E-state index contributed by atoms with van der Waals surface area (Å²) in [6.07, 6.45) is 5.90. The molecule has 0 unspecified atom stereocenters. The van der Waals surface area contributed by atoms with Crippen molar-refractivity contribution in [1.29, 1.82) is 0 Å². The second-order valence-corrected chi connectivity index (χ2v) is 6.53. The van der Waals surface area contributed by atoms with Gasteiger partial charge in [0.15, 0.2) is 0 Å². The number of pyridine rings is 1.